The van der Waals surface area contributed by atoms with Gasteiger partial charge in [0.25, 0.3) is 5.91 Å². The Labute approximate surface area is 138 Å². The smallest absolute Gasteiger partial charge is 0.264 e. The Bertz CT molecular complexity index is 740. The van der Waals surface area contributed by atoms with Crippen molar-refractivity contribution in [3.63, 3.8) is 0 Å². The maximum atomic E-state index is 11.6. The number of benzene rings is 2. The summed E-state index contributed by atoms with van der Waals surface area (Å²) in [7, 11) is 1.46. The van der Waals surface area contributed by atoms with Crippen molar-refractivity contribution in [1.29, 1.82) is 0 Å². The first-order valence-corrected chi connectivity index (χ1v) is 7.10. The van der Waals surface area contributed by atoms with E-state index in [0.29, 0.717) is 16.3 Å². The number of halogens is 1. The largest absolute Gasteiger partial charge is 0.504 e. The molecule has 0 aromatic heterocycles. The zero-order chi connectivity index (χ0) is 16.7. The van der Waals surface area contributed by atoms with Crippen LogP contribution in [0.3, 0.4) is 0 Å². The van der Waals surface area contributed by atoms with E-state index in [0.717, 1.165) is 5.56 Å². The first-order chi connectivity index (χ1) is 11.1. The summed E-state index contributed by atoms with van der Waals surface area (Å²) in [6, 6.07) is 11.8. The summed E-state index contributed by atoms with van der Waals surface area (Å²) in [5.41, 5.74) is 3.92. The van der Waals surface area contributed by atoms with E-state index < -0.39 is 0 Å². The van der Waals surface area contributed by atoms with Crippen LogP contribution >= 0.6 is 11.6 Å². The number of methoxy groups -OCH3 is 1. The quantitative estimate of drug-likeness (QED) is 0.502. The van der Waals surface area contributed by atoms with E-state index in [1.165, 1.54) is 25.5 Å². The van der Waals surface area contributed by atoms with Crippen molar-refractivity contribution in [1.82, 2.24) is 5.43 Å². The highest BCUT2D eigenvalue weighted by Gasteiger charge is 2.00. The molecule has 2 N–H and O–H groups in total. The van der Waals surface area contributed by atoms with Crippen LogP contribution in [-0.2, 0) is 4.79 Å². The van der Waals surface area contributed by atoms with Gasteiger partial charge in [0.1, 0.15) is 0 Å². The molecule has 118 valence electrons. The van der Waals surface area contributed by atoms with E-state index in [1.807, 2.05) is 0 Å². The zero-order valence-electron chi connectivity index (χ0n) is 12.4. The number of hydrogen-bond acceptors (Lipinski definition) is 4. The van der Waals surface area contributed by atoms with E-state index in [1.54, 1.807) is 42.5 Å². The average Bonchev–Trinajstić information content (AvgIpc) is 2.56. The second-order valence-electron chi connectivity index (χ2n) is 4.55. The molecule has 6 heteroatoms. The molecule has 0 aliphatic carbocycles. The molecule has 0 atom stereocenters. The van der Waals surface area contributed by atoms with Gasteiger partial charge < -0.3 is 9.84 Å². The number of carbonyl (C=O) groups excluding carboxylic acids is 1. The number of hydrazone groups is 1. The number of amides is 1. The minimum Gasteiger partial charge on any atom is -0.504 e. The van der Waals surface area contributed by atoms with Crippen molar-refractivity contribution in [3.05, 3.63) is 64.7 Å². The maximum absolute atomic E-state index is 11.6. The molecule has 1 amide bonds. The number of carbonyl (C=O) groups is 1. The molecule has 0 unspecified atom stereocenters. The van der Waals surface area contributed by atoms with Crippen LogP contribution in [0.25, 0.3) is 6.08 Å². The average molecular weight is 331 g/mol. The van der Waals surface area contributed by atoms with Crippen LogP contribution in [0.1, 0.15) is 11.1 Å². The van der Waals surface area contributed by atoms with Gasteiger partial charge >= 0.3 is 0 Å². The molecule has 0 fully saturated rings. The van der Waals surface area contributed by atoms with Gasteiger partial charge in [0.2, 0.25) is 0 Å². The van der Waals surface area contributed by atoms with Gasteiger partial charge in [-0.1, -0.05) is 23.7 Å². The minimum atomic E-state index is -0.359. The monoisotopic (exact) mass is 330 g/mol. The predicted octanol–water partition coefficient (Wildman–Crippen LogP) is 3.22. The number of rotatable bonds is 5. The highest BCUT2D eigenvalue weighted by atomic mass is 35.5. The Morgan fingerprint density at radius 3 is 2.61 bits per heavy atom. The fourth-order valence-electron chi connectivity index (χ4n) is 1.73. The number of phenolic OH excluding ortho intramolecular Hbond substituents is 1. The number of aromatic hydroxyl groups is 1. The molecule has 5 nitrogen and oxygen atoms in total. The van der Waals surface area contributed by atoms with E-state index in [2.05, 4.69) is 10.5 Å². The van der Waals surface area contributed by atoms with Crippen LogP contribution in [0.4, 0.5) is 0 Å². The highest BCUT2D eigenvalue weighted by molar-refractivity contribution is 6.30. The third kappa shape index (κ3) is 5.16. The van der Waals surface area contributed by atoms with E-state index >= 15 is 0 Å². The fourth-order valence-corrected chi connectivity index (χ4v) is 1.85. The van der Waals surface area contributed by atoms with Gasteiger partial charge in [-0.2, -0.15) is 5.10 Å². The normalized spacial score (nSPS) is 11.0. The number of ether oxygens (including phenoxy) is 1. The SMILES string of the molecule is COc1cc(/C=N\NC(=O)/C=C/c2ccc(Cl)cc2)ccc1O. The lowest BCUT2D eigenvalue weighted by Crippen LogP contribution is -2.14. The molecule has 2 rings (SSSR count). The van der Waals surface area contributed by atoms with Gasteiger partial charge in [0.15, 0.2) is 11.5 Å². The van der Waals surface area contributed by atoms with Crippen molar-refractivity contribution in [2.75, 3.05) is 7.11 Å². The van der Waals surface area contributed by atoms with Crippen LogP contribution in [0.15, 0.2) is 53.6 Å². The van der Waals surface area contributed by atoms with Gasteiger partial charge in [0, 0.05) is 11.1 Å². The zero-order valence-corrected chi connectivity index (χ0v) is 13.1. The molecule has 2 aromatic carbocycles. The summed E-state index contributed by atoms with van der Waals surface area (Å²) in [5, 5.41) is 14.0. The standard InChI is InChI=1S/C17H15ClN2O3/c1-23-16-10-13(4-8-15(16)21)11-19-20-17(22)9-5-12-2-6-14(18)7-3-12/h2-11,21H,1H3,(H,20,22)/b9-5+,19-11-. The molecule has 0 saturated carbocycles. The number of nitrogens with zero attached hydrogens (tertiary/aromatic N) is 1. The van der Waals surface area contributed by atoms with E-state index in [-0.39, 0.29) is 11.7 Å². The molecule has 0 radical (unpaired) electrons. The van der Waals surface area contributed by atoms with E-state index in [9.17, 15) is 9.90 Å². The Morgan fingerprint density at radius 2 is 1.91 bits per heavy atom. The second kappa shape index (κ2) is 8.00. The lowest BCUT2D eigenvalue weighted by atomic mass is 10.2. The maximum Gasteiger partial charge on any atom is 0.264 e. The minimum absolute atomic E-state index is 0.0413. The Morgan fingerprint density at radius 1 is 1.22 bits per heavy atom. The molecule has 0 saturated heterocycles. The molecule has 2 aromatic rings. The third-order valence-corrected chi connectivity index (χ3v) is 3.14. The third-order valence-electron chi connectivity index (χ3n) is 2.89. The van der Waals surface area contributed by atoms with Crippen LogP contribution < -0.4 is 10.2 Å². The van der Waals surface area contributed by atoms with Crippen molar-refractivity contribution in [3.8, 4) is 11.5 Å². The highest BCUT2D eigenvalue weighted by Crippen LogP contribution is 2.25. The van der Waals surface area contributed by atoms with Gasteiger partial charge in [-0.05, 0) is 47.5 Å². The van der Waals surface area contributed by atoms with Gasteiger partial charge in [-0.3, -0.25) is 4.79 Å². The van der Waals surface area contributed by atoms with Crippen molar-refractivity contribution < 1.29 is 14.6 Å². The summed E-state index contributed by atoms with van der Waals surface area (Å²) >= 11 is 5.79. The first-order valence-electron chi connectivity index (χ1n) is 6.72. The Kier molecular flexibility index (Phi) is 5.77. The van der Waals surface area contributed by atoms with Crippen LogP contribution in [-0.4, -0.2) is 24.3 Å². The van der Waals surface area contributed by atoms with Crippen molar-refractivity contribution in [2.24, 2.45) is 5.10 Å². The molecule has 23 heavy (non-hydrogen) atoms. The molecule has 0 aliphatic rings. The first kappa shape index (κ1) is 16.6. The van der Waals surface area contributed by atoms with Crippen molar-refractivity contribution in [2.45, 2.75) is 0 Å². The summed E-state index contributed by atoms with van der Waals surface area (Å²) in [6.45, 7) is 0. The molecular weight excluding hydrogens is 316 g/mol. The fraction of sp³-hybridized carbons (Fsp3) is 0.0588. The molecular formula is C17H15ClN2O3. The number of phenols is 1. The summed E-state index contributed by atoms with van der Waals surface area (Å²) < 4.78 is 4.99. The topological polar surface area (TPSA) is 70.9 Å². The van der Waals surface area contributed by atoms with Crippen LogP contribution in [0.5, 0.6) is 11.5 Å². The molecule has 0 heterocycles. The Balaban J connectivity index is 1.92. The van der Waals surface area contributed by atoms with Gasteiger partial charge in [-0.25, -0.2) is 5.43 Å². The lowest BCUT2D eigenvalue weighted by Gasteiger charge is -2.03. The van der Waals surface area contributed by atoms with Gasteiger partial charge in [0.05, 0.1) is 13.3 Å². The summed E-state index contributed by atoms with van der Waals surface area (Å²) in [6.07, 6.45) is 4.48. The molecule has 0 bridgehead atoms. The second-order valence-corrected chi connectivity index (χ2v) is 4.99. The molecule has 0 aliphatic heterocycles. The van der Waals surface area contributed by atoms with Crippen LogP contribution in [0.2, 0.25) is 5.02 Å². The molecule has 0 spiro atoms. The summed E-state index contributed by atoms with van der Waals surface area (Å²) in [5.74, 6) is 0.0180. The Hall–Kier alpha value is -2.79. The number of hydrogen-bond donors (Lipinski definition) is 2. The van der Waals surface area contributed by atoms with Gasteiger partial charge in [-0.15, -0.1) is 0 Å². The summed E-state index contributed by atoms with van der Waals surface area (Å²) in [4.78, 5) is 11.6. The van der Waals surface area contributed by atoms with Crippen molar-refractivity contribution >= 4 is 29.8 Å². The van der Waals surface area contributed by atoms with E-state index in [4.69, 9.17) is 16.3 Å². The number of nitrogens with one attached hydrogen (secondary N) is 1. The van der Waals surface area contributed by atoms with Crippen LogP contribution in [0, 0.1) is 0 Å². The predicted molar refractivity (Wildman–Crippen MR) is 90.9 cm³/mol. The lowest BCUT2D eigenvalue weighted by molar-refractivity contribution is -0.116.